The highest BCUT2D eigenvalue weighted by Crippen LogP contribution is 2.34. The second kappa shape index (κ2) is 5.17. The van der Waals surface area contributed by atoms with E-state index in [-0.39, 0.29) is 17.2 Å². The van der Waals surface area contributed by atoms with Gasteiger partial charge in [0, 0.05) is 12.3 Å². The van der Waals surface area contributed by atoms with Crippen LogP contribution in [-0.4, -0.2) is 4.98 Å². The average molecular weight is 282 g/mol. The molecule has 0 amide bonds. The van der Waals surface area contributed by atoms with Gasteiger partial charge in [-0.25, -0.2) is 9.37 Å². The predicted molar refractivity (Wildman–Crippen MR) is 60.4 cm³/mol. The maximum Gasteiger partial charge on any atom is 0.419 e. The summed E-state index contributed by atoms with van der Waals surface area (Å²) in [6.45, 7) is 0. The van der Waals surface area contributed by atoms with E-state index in [4.69, 9.17) is 10.00 Å². The van der Waals surface area contributed by atoms with Gasteiger partial charge < -0.3 is 4.74 Å². The third kappa shape index (κ3) is 3.03. The van der Waals surface area contributed by atoms with Gasteiger partial charge >= 0.3 is 6.18 Å². The molecule has 0 saturated heterocycles. The molecular formula is C13H6F4N2O. The molecule has 0 radical (unpaired) electrons. The number of pyridine rings is 1. The molecule has 2 rings (SSSR count). The lowest BCUT2D eigenvalue weighted by atomic mass is 10.2. The molecule has 0 bridgehead atoms. The number of aromatic nitrogens is 1. The van der Waals surface area contributed by atoms with Crippen LogP contribution in [0.3, 0.4) is 0 Å². The van der Waals surface area contributed by atoms with E-state index in [1.807, 2.05) is 6.07 Å². The van der Waals surface area contributed by atoms with Gasteiger partial charge in [0.1, 0.15) is 11.6 Å². The number of rotatable bonds is 2. The maximum atomic E-state index is 13.1. The van der Waals surface area contributed by atoms with E-state index < -0.39 is 17.6 Å². The van der Waals surface area contributed by atoms with Crippen LogP contribution in [0.1, 0.15) is 11.1 Å². The first kappa shape index (κ1) is 13.8. The van der Waals surface area contributed by atoms with Crippen molar-refractivity contribution < 1.29 is 22.3 Å². The summed E-state index contributed by atoms with van der Waals surface area (Å²) >= 11 is 0. The Bertz CT molecular complexity index is 677. The monoisotopic (exact) mass is 282 g/mol. The first-order valence-corrected chi connectivity index (χ1v) is 5.31. The van der Waals surface area contributed by atoms with Crippen LogP contribution in [0.2, 0.25) is 0 Å². The number of hydrogen-bond donors (Lipinski definition) is 0. The quantitative estimate of drug-likeness (QED) is 0.785. The van der Waals surface area contributed by atoms with Crippen molar-refractivity contribution in [3.05, 3.63) is 53.5 Å². The zero-order valence-corrected chi connectivity index (χ0v) is 9.78. The number of nitrogens with zero attached hydrogens (tertiary/aromatic N) is 2. The van der Waals surface area contributed by atoms with Crippen molar-refractivity contribution >= 4 is 0 Å². The van der Waals surface area contributed by atoms with E-state index in [2.05, 4.69) is 4.98 Å². The Morgan fingerprint density at radius 1 is 1.15 bits per heavy atom. The van der Waals surface area contributed by atoms with Crippen LogP contribution in [0.15, 0.2) is 36.5 Å². The van der Waals surface area contributed by atoms with E-state index in [1.165, 1.54) is 18.3 Å². The van der Waals surface area contributed by atoms with Crippen molar-refractivity contribution in [2.75, 3.05) is 0 Å². The minimum atomic E-state index is -4.81. The van der Waals surface area contributed by atoms with Crippen LogP contribution in [0.5, 0.6) is 11.6 Å². The lowest BCUT2D eigenvalue weighted by Crippen LogP contribution is -2.08. The van der Waals surface area contributed by atoms with E-state index in [9.17, 15) is 17.6 Å². The Balaban J connectivity index is 2.33. The van der Waals surface area contributed by atoms with E-state index in [0.29, 0.717) is 12.1 Å². The molecule has 0 atom stereocenters. The minimum Gasteiger partial charge on any atom is -0.439 e. The molecule has 3 nitrogen and oxygen atoms in total. The Morgan fingerprint density at radius 2 is 1.90 bits per heavy atom. The summed E-state index contributed by atoms with van der Waals surface area (Å²) in [6.07, 6.45) is -3.53. The smallest absolute Gasteiger partial charge is 0.419 e. The van der Waals surface area contributed by atoms with E-state index in [0.717, 1.165) is 6.07 Å². The highest BCUT2D eigenvalue weighted by atomic mass is 19.4. The largest absolute Gasteiger partial charge is 0.439 e. The van der Waals surface area contributed by atoms with Crippen molar-refractivity contribution in [3.63, 3.8) is 0 Å². The van der Waals surface area contributed by atoms with Gasteiger partial charge in [-0.15, -0.1) is 0 Å². The summed E-state index contributed by atoms with van der Waals surface area (Å²) in [4.78, 5) is 3.75. The number of alkyl halides is 3. The van der Waals surface area contributed by atoms with Crippen molar-refractivity contribution in [2.24, 2.45) is 0 Å². The van der Waals surface area contributed by atoms with E-state index in [1.54, 1.807) is 0 Å². The van der Waals surface area contributed by atoms with Gasteiger partial charge in [0.15, 0.2) is 0 Å². The van der Waals surface area contributed by atoms with Gasteiger partial charge in [0.2, 0.25) is 5.88 Å². The average Bonchev–Trinajstić information content (AvgIpc) is 2.40. The molecule has 0 N–H and O–H groups in total. The second-order valence-electron chi connectivity index (χ2n) is 3.74. The first-order valence-electron chi connectivity index (χ1n) is 5.31. The van der Waals surface area contributed by atoms with Crippen LogP contribution in [0, 0.1) is 17.1 Å². The highest BCUT2D eigenvalue weighted by molar-refractivity contribution is 5.36. The van der Waals surface area contributed by atoms with Crippen molar-refractivity contribution in [2.45, 2.75) is 6.18 Å². The summed E-state index contributed by atoms with van der Waals surface area (Å²) in [7, 11) is 0. The molecule has 0 aliphatic heterocycles. The molecule has 0 aliphatic carbocycles. The fourth-order valence-corrected chi connectivity index (χ4v) is 1.44. The van der Waals surface area contributed by atoms with Crippen molar-refractivity contribution in [3.8, 4) is 17.7 Å². The molecule has 1 aromatic heterocycles. The number of ether oxygens (including phenoxy) is 1. The van der Waals surface area contributed by atoms with Crippen molar-refractivity contribution in [1.29, 1.82) is 5.26 Å². The lowest BCUT2D eigenvalue weighted by molar-refractivity contribution is -0.140. The number of halogens is 4. The number of hydrogen-bond acceptors (Lipinski definition) is 3. The van der Waals surface area contributed by atoms with Crippen LogP contribution < -0.4 is 4.74 Å². The van der Waals surface area contributed by atoms with Gasteiger partial charge in [0.25, 0.3) is 0 Å². The second-order valence-corrected chi connectivity index (χ2v) is 3.74. The third-order valence-electron chi connectivity index (χ3n) is 2.33. The van der Waals surface area contributed by atoms with Gasteiger partial charge in [-0.1, -0.05) is 0 Å². The molecule has 0 saturated carbocycles. The van der Waals surface area contributed by atoms with Gasteiger partial charge in [0.05, 0.1) is 17.2 Å². The standard InChI is InChI=1S/C13H6F4N2O/c14-11-2-1-9(6-10(11)13(15,16)17)20-12-5-8(7-18)3-4-19-12/h1-6H. The molecule has 1 aromatic carbocycles. The SMILES string of the molecule is N#Cc1ccnc(Oc2ccc(F)c(C(F)(F)F)c2)c1. The van der Waals surface area contributed by atoms with Crippen molar-refractivity contribution in [1.82, 2.24) is 4.98 Å². The summed E-state index contributed by atoms with van der Waals surface area (Å²) in [6, 6.07) is 6.76. The molecule has 0 fully saturated rings. The molecule has 102 valence electrons. The maximum absolute atomic E-state index is 13.1. The Kier molecular flexibility index (Phi) is 3.57. The predicted octanol–water partition coefficient (Wildman–Crippen LogP) is 3.90. The lowest BCUT2D eigenvalue weighted by Gasteiger charge is -2.10. The highest BCUT2D eigenvalue weighted by Gasteiger charge is 2.34. The van der Waals surface area contributed by atoms with Crippen LogP contribution in [-0.2, 0) is 6.18 Å². The Morgan fingerprint density at radius 3 is 2.55 bits per heavy atom. The van der Waals surface area contributed by atoms with E-state index >= 15 is 0 Å². The van der Waals surface area contributed by atoms with Crippen LogP contribution in [0.4, 0.5) is 17.6 Å². The summed E-state index contributed by atoms with van der Waals surface area (Å²) in [5, 5.41) is 8.68. The third-order valence-corrected chi connectivity index (χ3v) is 2.33. The molecular weight excluding hydrogens is 276 g/mol. The van der Waals surface area contributed by atoms with Crippen LogP contribution in [0.25, 0.3) is 0 Å². The van der Waals surface area contributed by atoms with Gasteiger partial charge in [-0.3, -0.25) is 0 Å². The topological polar surface area (TPSA) is 45.9 Å². The molecule has 2 aromatic rings. The summed E-state index contributed by atoms with van der Waals surface area (Å²) in [5.74, 6) is -1.66. The number of benzene rings is 1. The van der Waals surface area contributed by atoms with Gasteiger partial charge in [-0.2, -0.15) is 18.4 Å². The fraction of sp³-hybridized carbons (Fsp3) is 0.0769. The zero-order chi connectivity index (χ0) is 14.8. The molecule has 7 heteroatoms. The molecule has 0 spiro atoms. The summed E-state index contributed by atoms with van der Waals surface area (Å²) in [5.41, 5.74) is -1.18. The zero-order valence-electron chi connectivity index (χ0n) is 9.78. The van der Waals surface area contributed by atoms with Crippen LogP contribution >= 0.6 is 0 Å². The molecule has 20 heavy (non-hydrogen) atoms. The molecule has 0 unspecified atom stereocenters. The minimum absolute atomic E-state index is 0.0521. The Hall–Kier alpha value is -2.62. The fourth-order valence-electron chi connectivity index (χ4n) is 1.44. The molecule has 1 heterocycles. The molecule has 0 aliphatic rings. The number of nitriles is 1. The normalized spacial score (nSPS) is 10.9. The Labute approximate surface area is 111 Å². The first-order chi connectivity index (χ1) is 9.40. The summed E-state index contributed by atoms with van der Waals surface area (Å²) < 4.78 is 55.8. The van der Waals surface area contributed by atoms with Gasteiger partial charge in [-0.05, 0) is 24.3 Å².